The highest BCUT2D eigenvalue weighted by molar-refractivity contribution is 9.10. The van der Waals surface area contributed by atoms with Gasteiger partial charge >= 0.3 is 0 Å². The van der Waals surface area contributed by atoms with Crippen LogP contribution in [-0.4, -0.2) is 21.3 Å². The van der Waals surface area contributed by atoms with Crippen molar-refractivity contribution in [2.75, 3.05) is 5.43 Å². The molecule has 0 aliphatic rings. The number of rotatable bonds is 3. The smallest absolute Gasteiger partial charge is 0.185 e. The van der Waals surface area contributed by atoms with E-state index in [0.717, 1.165) is 9.99 Å². The van der Waals surface area contributed by atoms with E-state index in [1.807, 2.05) is 24.3 Å². The van der Waals surface area contributed by atoms with Crippen molar-refractivity contribution in [3.63, 3.8) is 0 Å². The molecule has 2 N–H and O–H groups in total. The predicted octanol–water partition coefficient (Wildman–Crippen LogP) is 4.20. The fourth-order valence-corrected chi connectivity index (χ4v) is 2.40. The van der Waals surface area contributed by atoms with Crippen molar-refractivity contribution in [1.82, 2.24) is 9.97 Å². The molecule has 22 heavy (non-hydrogen) atoms. The van der Waals surface area contributed by atoms with Crippen molar-refractivity contribution >= 4 is 50.6 Å². The van der Waals surface area contributed by atoms with Crippen molar-refractivity contribution in [1.29, 1.82) is 0 Å². The summed E-state index contributed by atoms with van der Waals surface area (Å²) in [5.41, 5.74) is 4.73. The summed E-state index contributed by atoms with van der Waals surface area (Å²) in [5.74, 6) is 0.482. The number of nitrogens with zero attached hydrogens (tertiary/aromatic N) is 3. The Bertz CT molecular complexity index is 869. The zero-order valence-electron chi connectivity index (χ0n) is 11.2. The average Bonchev–Trinajstić information content (AvgIpc) is 2.51. The Labute approximate surface area is 139 Å². The van der Waals surface area contributed by atoms with Crippen molar-refractivity contribution in [3.05, 3.63) is 57.7 Å². The number of nitrogens with one attached hydrogen (secondary N) is 1. The summed E-state index contributed by atoms with van der Waals surface area (Å²) in [6.45, 7) is 0. The molecule has 0 amide bonds. The van der Waals surface area contributed by atoms with Crippen LogP contribution >= 0.6 is 27.5 Å². The molecule has 7 heteroatoms. The van der Waals surface area contributed by atoms with Crippen LogP contribution in [0, 0.1) is 0 Å². The minimum atomic E-state index is 0.129. The molecule has 2 aromatic carbocycles. The van der Waals surface area contributed by atoms with E-state index in [1.165, 1.54) is 6.21 Å². The molecular weight excluding hydrogens is 368 g/mol. The van der Waals surface area contributed by atoms with Gasteiger partial charge in [-0.1, -0.05) is 39.7 Å². The predicted molar refractivity (Wildman–Crippen MR) is 91.6 cm³/mol. The number of para-hydroxylation sites is 2. The third-order valence-electron chi connectivity index (χ3n) is 2.89. The number of benzene rings is 2. The first-order valence-corrected chi connectivity index (χ1v) is 7.50. The molecule has 0 unspecified atom stereocenters. The summed E-state index contributed by atoms with van der Waals surface area (Å²) in [5, 5.41) is 14.0. The molecule has 0 radical (unpaired) electrons. The lowest BCUT2D eigenvalue weighted by atomic mass is 10.2. The zero-order chi connectivity index (χ0) is 15.5. The number of hydrazone groups is 1. The van der Waals surface area contributed by atoms with Crippen molar-refractivity contribution in [2.45, 2.75) is 0 Å². The van der Waals surface area contributed by atoms with E-state index in [0.29, 0.717) is 16.9 Å². The third kappa shape index (κ3) is 3.18. The second-order valence-electron chi connectivity index (χ2n) is 4.42. The number of phenols is 1. The zero-order valence-corrected chi connectivity index (χ0v) is 13.5. The van der Waals surface area contributed by atoms with Gasteiger partial charge in [-0.15, -0.1) is 0 Å². The summed E-state index contributed by atoms with van der Waals surface area (Å²) in [7, 11) is 0. The molecule has 110 valence electrons. The highest BCUT2D eigenvalue weighted by atomic mass is 79.9. The Balaban J connectivity index is 1.85. The van der Waals surface area contributed by atoms with E-state index in [-0.39, 0.29) is 10.9 Å². The van der Waals surface area contributed by atoms with E-state index < -0.39 is 0 Å². The Kier molecular flexibility index (Phi) is 4.22. The van der Waals surface area contributed by atoms with Gasteiger partial charge in [0.15, 0.2) is 11.0 Å². The lowest BCUT2D eigenvalue weighted by Gasteiger charge is -2.04. The summed E-state index contributed by atoms with van der Waals surface area (Å²) >= 11 is 9.41. The molecule has 3 rings (SSSR count). The number of hydrogen-bond acceptors (Lipinski definition) is 5. The quantitative estimate of drug-likeness (QED) is 0.530. The molecule has 1 heterocycles. The highest BCUT2D eigenvalue weighted by Gasteiger charge is 2.05. The molecule has 0 saturated carbocycles. The standard InChI is InChI=1S/C15H10BrClN4O/c16-10-5-6-13(22)9(7-10)8-18-21-15-14(17)19-11-3-1-2-4-12(11)20-15/h1-8,22H,(H,20,21)/b18-8+. The number of halogens is 2. The van der Waals surface area contributed by atoms with Gasteiger partial charge in [-0.3, -0.25) is 5.43 Å². The van der Waals surface area contributed by atoms with Crippen LogP contribution in [-0.2, 0) is 0 Å². The molecule has 0 spiro atoms. The molecule has 0 atom stereocenters. The number of phenolic OH excluding ortho intramolecular Hbond substituents is 1. The fourth-order valence-electron chi connectivity index (χ4n) is 1.84. The largest absolute Gasteiger partial charge is 0.507 e. The van der Waals surface area contributed by atoms with Crippen molar-refractivity contribution in [2.24, 2.45) is 5.10 Å². The van der Waals surface area contributed by atoms with Gasteiger partial charge in [0.1, 0.15) is 5.75 Å². The van der Waals surface area contributed by atoms with Gasteiger partial charge < -0.3 is 5.11 Å². The maximum Gasteiger partial charge on any atom is 0.185 e. The number of aromatic hydroxyl groups is 1. The van der Waals surface area contributed by atoms with Crippen LogP contribution < -0.4 is 5.43 Å². The van der Waals surface area contributed by atoms with Crippen LogP contribution in [0.4, 0.5) is 5.82 Å². The summed E-state index contributed by atoms with van der Waals surface area (Å²) in [6, 6.07) is 12.5. The van der Waals surface area contributed by atoms with Crippen LogP contribution in [0.3, 0.4) is 0 Å². The Hall–Kier alpha value is -2.18. The first-order valence-electron chi connectivity index (χ1n) is 6.33. The van der Waals surface area contributed by atoms with Crippen LogP contribution in [0.25, 0.3) is 11.0 Å². The number of aromatic nitrogens is 2. The third-order valence-corrected chi connectivity index (χ3v) is 3.65. The molecule has 3 aromatic rings. The fraction of sp³-hybridized carbons (Fsp3) is 0. The molecule has 5 nitrogen and oxygen atoms in total. The second-order valence-corrected chi connectivity index (χ2v) is 5.70. The molecule has 0 bridgehead atoms. The minimum Gasteiger partial charge on any atom is -0.507 e. The van der Waals surface area contributed by atoms with E-state index in [1.54, 1.807) is 18.2 Å². The van der Waals surface area contributed by atoms with Gasteiger partial charge in [-0.2, -0.15) is 5.10 Å². The Morgan fingerprint density at radius 2 is 1.86 bits per heavy atom. The monoisotopic (exact) mass is 376 g/mol. The van der Waals surface area contributed by atoms with E-state index in [4.69, 9.17) is 11.6 Å². The molecule has 0 fully saturated rings. The van der Waals surface area contributed by atoms with E-state index >= 15 is 0 Å². The summed E-state index contributed by atoms with van der Waals surface area (Å²) < 4.78 is 0.843. The van der Waals surface area contributed by atoms with Crippen LogP contribution in [0.15, 0.2) is 52.0 Å². The number of hydrogen-bond donors (Lipinski definition) is 2. The van der Waals surface area contributed by atoms with Crippen LogP contribution in [0.1, 0.15) is 5.56 Å². The SMILES string of the molecule is Oc1ccc(Br)cc1/C=N/Nc1nc2ccccc2nc1Cl. The average molecular weight is 378 g/mol. The van der Waals surface area contributed by atoms with Crippen molar-refractivity contribution in [3.8, 4) is 5.75 Å². The van der Waals surface area contributed by atoms with Gasteiger partial charge in [0.05, 0.1) is 17.2 Å². The first-order chi connectivity index (χ1) is 10.6. The van der Waals surface area contributed by atoms with Gasteiger partial charge in [0.2, 0.25) is 0 Å². The first kappa shape index (κ1) is 14.7. The molecular formula is C15H10BrClN4O. The molecule has 1 aromatic heterocycles. The minimum absolute atomic E-state index is 0.129. The Morgan fingerprint density at radius 1 is 1.14 bits per heavy atom. The summed E-state index contributed by atoms with van der Waals surface area (Å²) in [4.78, 5) is 8.60. The number of fused-ring (bicyclic) bond motifs is 1. The normalized spacial score (nSPS) is 11.2. The van der Waals surface area contributed by atoms with Gasteiger partial charge in [-0.25, -0.2) is 9.97 Å². The van der Waals surface area contributed by atoms with E-state index in [9.17, 15) is 5.11 Å². The molecule has 0 aliphatic heterocycles. The van der Waals surface area contributed by atoms with E-state index in [2.05, 4.69) is 36.4 Å². The van der Waals surface area contributed by atoms with Gasteiger partial charge in [0.25, 0.3) is 0 Å². The lowest BCUT2D eigenvalue weighted by Crippen LogP contribution is -1.97. The van der Waals surface area contributed by atoms with Crippen LogP contribution in [0.5, 0.6) is 5.75 Å². The summed E-state index contributed by atoms with van der Waals surface area (Å²) in [6.07, 6.45) is 1.48. The maximum atomic E-state index is 9.73. The topological polar surface area (TPSA) is 70.4 Å². The number of anilines is 1. The van der Waals surface area contributed by atoms with Crippen molar-refractivity contribution < 1.29 is 5.11 Å². The maximum absolute atomic E-state index is 9.73. The van der Waals surface area contributed by atoms with Gasteiger partial charge in [-0.05, 0) is 30.3 Å². The second kappa shape index (κ2) is 6.29. The highest BCUT2D eigenvalue weighted by Crippen LogP contribution is 2.22. The molecule has 0 saturated heterocycles. The van der Waals surface area contributed by atoms with Gasteiger partial charge in [0, 0.05) is 10.0 Å². The Morgan fingerprint density at radius 3 is 2.64 bits per heavy atom. The lowest BCUT2D eigenvalue weighted by molar-refractivity contribution is 0.474. The molecule has 0 aliphatic carbocycles. The van der Waals surface area contributed by atoms with Crippen LogP contribution in [0.2, 0.25) is 5.15 Å².